The summed E-state index contributed by atoms with van der Waals surface area (Å²) in [4.78, 5) is 10.9. The molecule has 7 nitrogen and oxygen atoms in total. The summed E-state index contributed by atoms with van der Waals surface area (Å²) in [6, 6.07) is 0. The summed E-state index contributed by atoms with van der Waals surface area (Å²) >= 11 is 0. The number of aliphatic carboxylic acids is 1. The highest BCUT2D eigenvalue weighted by Crippen LogP contribution is 2.17. The standard InChI is InChI=1S/C11H22O7S/c1-11(2,10(12)13)19(14,15)9-8-18-7-6-17-5-4-16-3/h4-9H2,1-3H3,(H,12,13). The molecule has 0 rings (SSSR count). The Bertz CT molecular complexity index is 361. The normalized spacial score (nSPS) is 12.6. The number of ether oxygens (including phenoxy) is 3. The third-order valence-electron chi connectivity index (χ3n) is 2.59. The summed E-state index contributed by atoms with van der Waals surface area (Å²) in [6.07, 6.45) is 0. The van der Waals surface area contributed by atoms with Gasteiger partial charge >= 0.3 is 5.97 Å². The summed E-state index contributed by atoms with van der Waals surface area (Å²) in [5.74, 6) is -1.69. The van der Waals surface area contributed by atoms with Crippen molar-refractivity contribution < 1.29 is 32.5 Å². The zero-order valence-electron chi connectivity index (χ0n) is 11.5. The fraction of sp³-hybridized carbons (Fsp3) is 0.909. The number of sulfone groups is 1. The number of rotatable bonds is 11. The zero-order valence-corrected chi connectivity index (χ0v) is 12.4. The highest BCUT2D eigenvalue weighted by molar-refractivity contribution is 7.93. The van der Waals surface area contributed by atoms with Crippen molar-refractivity contribution in [1.82, 2.24) is 0 Å². The minimum absolute atomic E-state index is 0.0489. The molecule has 0 saturated carbocycles. The third-order valence-corrected chi connectivity index (χ3v) is 5.03. The molecule has 0 heterocycles. The van der Waals surface area contributed by atoms with E-state index >= 15 is 0 Å². The number of carbonyl (C=O) groups is 1. The van der Waals surface area contributed by atoms with E-state index < -0.39 is 20.6 Å². The van der Waals surface area contributed by atoms with Gasteiger partial charge in [-0.1, -0.05) is 0 Å². The summed E-state index contributed by atoms with van der Waals surface area (Å²) < 4.78 is 36.7. The Morgan fingerprint density at radius 2 is 1.53 bits per heavy atom. The molecule has 0 aromatic rings. The van der Waals surface area contributed by atoms with Crippen LogP contribution in [0.3, 0.4) is 0 Å². The molecule has 0 atom stereocenters. The van der Waals surface area contributed by atoms with E-state index in [1.54, 1.807) is 7.11 Å². The SMILES string of the molecule is COCCOCCOCCS(=O)(=O)C(C)(C)C(=O)O. The number of carboxylic acids is 1. The second-order valence-electron chi connectivity index (χ2n) is 4.35. The van der Waals surface area contributed by atoms with Crippen molar-refractivity contribution in [3.8, 4) is 0 Å². The monoisotopic (exact) mass is 298 g/mol. The molecule has 0 aromatic carbocycles. The highest BCUT2D eigenvalue weighted by atomic mass is 32.2. The van der Waals surface area contributed by atoms with E-state index in [9.17, 15) is 13.2 Å². The molecule has 0 radical (unpaired) electrons. The molecule has 0 aliphatic rings. The van der Waals surface area contributed by atoms with Crippen LogP contribution in [0.15, 0.2) is 0 Å². The Hall–Kier alpha value is -0.700. The topological polar surface area (TPSA) is 99.1 Å². The first-order chi connectivity index (χ1) is 8.75. The van der Waals surface area contributed by atoms with Crippen molar-refractivity contribution in [2.75, 3.05) is 45.9 Å². The smallest absolute Gasteiger partial charge is 0.324 e. The maximum absolute atomic E-state index is 11.8. The summed E-state index contributed by atoms with van der Waals surface area (Å²) in [5, 5.41) is 8.85. The van der Waals surface area contributed by atoms with Crippen LogP contribution in [-0.2, 0) is 28.8 Å². The van der Waals surface area contributed by atoms with Crippen LogP contribution < -0.4 is 0 Å². The molecule has 1 N–H and O–H groups in total. The second kappa shape index (κ2) is 8.47. The van der Waals surface area contributed by atoms with Gasteiger partial charge in [-0.15, -0.1) is 0 Å². The van der Waals surface area contributed by atoms with Crippen LogP contribution in [0.5, 0.6) is 0 Å². The molecular formula is C11H22O7S. The first-order valence-corrected chi connectivity index (χ1v) is 7.51. The Morgan fingerprint density at radius 3 is 2.00 bits per heavy atom. The molecular weight excluding hydrogens is 276 g/mol. The molecule has 0 unspecified atom stereocenters. The predicted molar refractivity (Wildman–Crippen MR) is 69.0 cm³/mol. The lowest BCUT2D eigenvalue weighted by Crippen LogP contribution is -2.42. The minimum atomic E-state index is -3.75. The molecule has 114 valence electrons. The van der Waals surface area contributed by atoms with Gasteiger partial charge < -0.3 is 19.3 Å². The van der Waals surface area contributed by atoms with E-state index in [1.807, 2.05) is 0 Å². The van der Waals surface area contributed by atoms with E-state index in [0.29, 0.717) is 19.8 Å². The summed E-state index contributed by atoms with van der Waals surface area (Å²) in [7, 11) is -2.18. The quantitative estimate of drug-likeness (QED) is 0.534. The van der Waals surface area contributed by atoms with Crippen LogP contribution in [-0.4, -0.2) is 70.1 Å². The van der Waals surface area contributed by atoms with E-state index in [4.69, 9.17) is 19.3 Å². The van der Waals surface area contributed by atoms with Gasteiger partial charge in [-0.3, -0.25) is 4.79 Å². The summed E-state index contributed by atoms with van der Waals surface area (Å²) in [6.45, 7) is 3.81. The maximum Gasteiger partial charge on any atom is 0.324 e. The van der Waals surface area contributed by atoms with Crippen LogP contribution in [0.25, 0.3) is 0 Å². The van der Waals surface area contributed by atoms with E-state index in [2.05, 4.69) is 0 Å². The van der Waals surface area contributed by atoms with E-state index in [1.165, 1.54) is 13.8 Å². The van der Waals surface area contributed by atoms with Gasteiger partial charge in [-0.2, -0.15) is 0 Å². The Kier molecular flexibility index (Phi) is 8.15. The molecule has 0 saturated heterocycles. The van der Waals surface area contributed by atoms with Crippen molar-refractivity contribution >= 4 is 15.8 Å². The van der Waals surface area contributed by atoms with Crippen molar-refractivity contribution in [2.45, 2.75) is 18.6 Å². The van der Waals surface area contributed by atoms with E-state index in [0.717, 1.165) is 0 Å². The van der Waals surface area contributed by atoms with Crippen molar-refractivity contribution in [2.24, 2.45) is 0 Å². The van der Waals surface area contributed by atoms with Gasteiger partial charge in [0.05, 0.1) is 38.8 Å². The molecule has 0 aliphatic heterocycles. The molecule has 8 heteroatoms. The average molecular weight is 298 g/mol. The Labute approximate surface area is 113 Å². The number of methoxy groups -OCH3 is 1. The predicted octanol–water partition coefficient (Wildman–Crippen LogP) is -0.0560. The first kappa shape index (κ1) is 18.3. The zero-order chi connectivity index (χ0) is 14.9. The number of carboxylic acid groups (broad SMARTS) is 1. The molecule has 19 heavy (non-hydrogen) atoms. The number of hydrogen-bond acceptors (Lipinski definition) is 6. The largest absolute Gasteiger partial charge is 0.480 e. The van der Waals surface area contributed by atoms with Crippen LogP contribution in [0.2, 0.25) is 0 Å². The van der Waals surface area contributed by atoms with Gasteiger partial charge in [0.2, 0.25) is 0 Å². The third kappa shape index (κ3) is 6.33. The second-order valence-corrected chi connectivity index (χ2v) is 7.01. The van der Waals surface area contributed by atoms with Gasteiger partial charge in [0, 0.05) is 7.11 Å². The van der Waals surface area contributed by atoms with Crippen molar-refractivity contribution in [3.63, 3.8) is 0 Å². The highest BCUT2D eigenvalue weighted by Gasteiger charge is 2.41. The van der Waals surface area contributed by atoms with Gasteiger partial charge in [-0.05, 0) is 13.8 Å². The van der Waals surface area contributed by atoms with E-state index in [-0.39, 0.29) is 19.0 Å². The summed E-state index contributed by atoms with van der Waals surface area (Å²) in [5.41, 5.74) is 0. The minimum Gasteiger partial charge on any atom is -0.480 e. The average Bonchev–Trinajstić information content (AvgIpc) is 2.32. The molecule has 0 spiro atoms. The van der Waals surface area contributed by atoms with Crippen molar-refractivity contribution in [3.05, 3.63) is 0 Å². The van der Waals surface area contributed by atoms with Crippen LogP contribution in [0.1, 0.15) is 13.8 Å². The molecule has 0 amide bonds. The number of hydrogen-bond donors (Lipinski definition) is 1. The molecule has 0 bridgehead atoms. The van der Waals surface area contributed by atoms with Gasteiger partial charge in [0.25, 0.3) is 0 Å². The lowest BCUT2D eigenvalue weighted by Gasteiger charge is -2.19. The molecule has 0 aliphatic carbocycles. The fourth-order valence-corrected chi connectivity index (χ4v) is 2.13. The molecule has 0 fully saturated rings. The Morgan fingerprint density at radius 1 is 1.05 bits per heavy atom. The van der Waals surface area contributed by atoms with Crippen LogP contribution in [0.4, 0.5) is 0 Å². The van der Waals surface area contributed by atoms with Crippen LogP contribution in [0, 0.1) is 0 Å². The lowest BCUT2D eigenvalue weighted by molar-refractivity contribution is -0.139. The fourth-order valence-electron chi connectivity index (χ4n) is 1.02. The van der Waals surface area contributed by atoms with Crippen LogP contribution >= 0.6 is 0 Å². The van der Waals surface area contributed by atoms with Gasteiger partial charge in [0.15, 0.2) is 14.6 Å². The first-order valence-electron chi connectivity index (χ1n) is 5.86. The van der Waals surface area contributed by atoms with Gasteiger partial charge in [-0.25, -0.2) is 8.42 Å². The maximum atomic E-state index is 11.8. The van der Waals surface area contributed by atoms with Gasteiger partial charge in [0.1, 0.15) is 0 Å². The molecule has 0 aromatic heterocycles. The van der Waals surface area contributed by atoms with Crippen molar-refractivity contribution in [1.29, 1.82) is 0 Å². The Balaban J connectivity index is 3.86. The lowest BCUT2D eigenvalue weighted by atomic mass is 10.2.